The van der Waals surface area contributed by atoms with E-state index < -0.39 is 0 Å². The Kier molecular flexibility index (Phi) is 5.87. The minimum atomic E-state index is 0.0568. The third kappa shape index (κ3) is 4.36. The maximum Gasteiger partial charge on any atom is 0.246 e. The Morgan fingerprint density at radius 2 is 1.73 bits per heavy atom. The maximum absolute atomic E-state index is 12.8. The number of hydrogen-bond donors (Lipinski definition) is 0. The number of hydrogen-bond acceptors (Lipinski definition) is 3. The SMILES string of the molecule is N#Cc1ccc2c(c1)CCc1cccnc1C2=C1CCN(C(=O)/C=C/c2ccccc2)CC1. The second-order valence-corrected chi connectivity index (χ2v) is 8.54. The van der Waals surface area contributed by atoms with Gasteiger partial charge in [0.15, 0.2) is 0 Å². The van der Waals surface area contributed by atoms with Crippen molar-refractivity contribution in [3.05, 3.63) is 112 Å². The fourth-order valence-electron chi connectivity index (χ4n) is 4.82. The van der Waals surface area contributed by atoms with Gasteiger partial charge in [-0.2, -0.15) is 5.26 Å². The largest absolute Gasteiger partial charge is 0.339 e. The maximum atomic E-state index is 12.8. The van der Waals surface area contributed by atoms with Crippen LogP contribution in [0.3, 0.4) is 0 Å². The van der Waals surface area contributed by atoms with Gasteiger partial charge in [0, 0.05) is 30.9 Å². The number of aryl methyl sites for hydroxylation is 2. The van der Waals surface area contributed by atoms with Gasteiger partial charge in [0.05, 0.1) is 17.3 Å². The molecule has 2 heterocycles. The zero-order chi connectivity index (χ0) is 22.6. The van der Waals surface area contributed by atoms with Crippen molar-refractivity contribution in [2.75, 3.05) is 13.1 Å². The number of pyridine rings is 1. The lowest BCUT2D eigenvalue weighted by Crippen LogP contribution is -2.35. The first-order valence-electron chi connectivity index (χ1n) is 11.4. The van der Waals surface area contributed by atoms with Gasteiger partial charge in [-0.3, -0.25) is 9.78 Å². The predicted molar refractivity (Wildman–Crippen MR) is 130 cm³/mol. The van der Waals surface area contributed by atoms with Gasteiger partial charge in [0.2, 0.25) is 5.91 Å². The second-order valence-electron chi connectivity index (χ2n) is 8.54. The highest BCUT2D eigenvalue weighted by Crippen LogP contribution is 2.38. The highest BCUT2D eigenvalue weighted by molar-refractivity contribution is 5.92. The van der Waals surface area contributed by atoms with Crippen molar-refractivity contribution in [1.29, 1.82) is 5.26 Å². The number of nitriles is 1. The van der Waals surface area contributed by atoms with Crippen molar-refractivity contribution in [1.82, 2.24) is 9.88 Å². The van der Waals surface area contributed by atoms with E-state index in [4.69, 9.17) is 4.98 Å². The van der Waals surface area contributed by atoms with E-state index >= 15 is 0 Å². The monoisotopic (exact) mass is 431 g/mol. The average molecular weight is 432 g/mol. The van der Waals surface area contributed by atoms with Gasteiger partial charge in [-0.15, -0.1) is 0 Å². The zero-order valence-electron chi connectivity index (χ0n) is 18.5. The third-order valence-corrected chi connectivity index (χ3v) is 6.55. The van der Waals surface area contributed by atoms with Crippen molar-refractivity contribution in [3.8, 4) is 6.07 Å². The van der Waals surface area contributed by atoms with Crippen LogP contribution in [-0.2, 0) is 17.6 Å². The minimum Gasteiger partial charge on any atom is -0.339 e. The van der Waals surface area contributed by atoms with E-state index in [0.29, 0.717) is 18.7 Å². The van der Waals surface area contributed by atoms with Gasteiger partial charge in [-0.1, -0.05) is 48.0 Å². The first-order chi connectivity index (χ1) is 16.2. The number of aromatic nitrogens is 1. The van der Waals surface area contributed by atoms with Crippen LogP contribution >= 0.6 is 0 Å². The molecule has 0 bridgehead atoms. The molecule has 1 amide bonds. The van der Waals surface area contributed by atoms with E-state index in [9.17, 15) is 10.1 Å². The fourth-order valence-corrected chi connectivity index (χ4v) is 4.82. The lowest BCUT2D eigenvalue weighted by atomic mass is 9.88. The van der Waals surface area contributed by atoms with Crippen LogP contribution in [0.25, 0.3) is 11.6 Å². The Bertz CT molecular complexity index is 1290. The Balaban J connectivity index is 1.44. The van der Waals surface area contributed by atoms with Crippen molar-refractivity contribution >= 4 is 17.6 Å². The molecule has 2 aromatic carbocycles. The van der Waals surface area contributed by atoms with E-state index in [2.05, 4.69) is 18.2 Å². The first-order valence-corrected chi connectivity index (χ1v) is 11.4. The number of carbonyl (C=O) groups is 1. The zero-order valence-corrected chi connectivity index (χ0v) is 18.5. The Labute approximate surface area is 194 Å². The van der Waals surface area contributed by atoms with Crippen LogP contribution in [0.2, 0.25) is 0 Å². The summed E-state index contributed by atoms with van der Waals surface area (Å²) < 4.78 is 0. The van der Waals surface area contributed by atoms with E-state index in [0.717, 1.165) is 36.9 Å². The lowest BCUT2D eigenvalue weighted by Gasteiger charge is -2.29. The molecule has 1 aromatic heterocycles. The fraction of sp³-hybridized carbons (Fsp3) is 0.207. The molecular formula is C29H25N3O. The van der Waals surface area contributed by atoms with Crippen LogP contribution in [-0.4, -0.2) is 28.9 Å². The molecule has 1 aliphatic carbocycles. The molecule has 1 saturated heterocycles. The summed E-state index contributed by atoms with van der Waals surface area (Å²) in [6, 6.07) is 22.3. The number of rotatable bonds is 2. The Morgan fingerprint density at radius 3 is 2.52 bits per heavy atom. The molecule has 4 heteroatoms. The predicted octanol–water partition coefficient (Wildman–Crippen LogP) is 5.19. The molecule has 3 aromatic rings. The summed E-state index contributed by atoms with van der Waals surface area (Å²) in [5.74, 6) is 0.0568. The van der Waals surface area contributed by atoms with Gasteiger partial charge in [-0.25, -0.2) is 0 Å². The molecule has 0 saturated carbocycles. The molecule has 162 valence electrons. The molecule has 0 radical (unpaired) electrons. The molecule has 0 atom stereocenters. The van der Waals surface area contributed by atoms with Crippen LogP contribution in [0.4, 0.5) is 0 Å². The number of fused-ring (bicyclic) bond motifs is 2. The highest BCUT2D eigenvalue weighted by atomic mass is 16.2. The molecule has 5 rings (SSSR count). The number of piperidine rings is 1. The highest BCUT2D eigenvalue weighted by Gasteiger charge is 2.26. The molecular weight excluding hydrogens is 406 g/mol. The topological polar surface area (TPSA) is 57.0 Å². The summed E-state index contributed by atoms with van der Waals surface area (Å²) in [5.41, 5.74) is 8.97. The first kappa shape index (κ1) is 20.9. The number of carbonyl (C=O) groups excluding carboxylic acids is 1. The Morgan fingerprint density at radius 1 is 0.939 bits per heavy atom. The van der Waals surface area contributed by atoms with Crippen LogP contribution in [0.5, 0.6) is 0 Å². The van der Waals surface area contributed by atoms with Gasteiger partial charge in [0.1, 0.15) is 0 Å². The number of nitrogens with zero attached hydrogens (tertiary/aromatic N) is 3. The Hall–Kier alpha value is -3.97. The van der Waals surface area contributed by atoms with E-state index in [-0.39, 0.29) is 5.91 Å². The minimum absolute atomic E-state index is 0.0568. The van der Waals surface area contributed by atoms with Crippen LogP contribution in [0.1, 0.15) is 46.4 Å². The van der Waals surface area contributed by atoms with Gasteiger partial charge in [0.25, 0.3) is 0 Å². The lowest BCUT2D eigenvalue weighted by molar-refractivity contribution is -0.126. The summed E-state index contributed by atoms with van der Waals surface area (Å²) in [6.45, 7) is 1.40. The number of likely N-dealkylation sites (tertiary alicyclic amines) is 1. The van der Waals surface area contributed by atoms with Crippen molar-refractivity contribution < 1.29 is 4.79 Å². The normalized spacial score (nSPS) is 15.5. The molecule has 0 N–H and O–H groups in total. The molecule has 1 aliphatic heterocycles. The van der Waals surface area contributed by atoms with Crippen LogP contribution in [0, 0.1) is 11.3 Å². The molecule has 33 heavy (non-hydrogen) atoms. The quantitative estimate of drug-likeness (QED) is 0.525. The van der Waals surface area contributed by atoms with Crippen LogP contribution in [0.15, 0.2) is 78.5 Å². The molecule has 2 aliphatic rings. The van der Waals surface area contributed by atoms with Gasteiger partial charge in [-0.05, 0) is 72.2 Å². The molecule has 0 unspecified atom stereocenters. The summed E-state index contributed by atoms with van der Waals surface area (Å²) in [6.07, 6.45) is 8.89. The third-order valence-electron chi connectivity index (χ3n) is 6.55. The van der Waals surface area contributed by atoms with Crippen molar-refractivity contribution in [2.24, 2.45) is 0 Å². The van der Waals surface area contributed by atoms with E-state index in [1.807, 2.05) is 65.7 Å². The molecule has 1 fully saturated rings. The summed E-state index contributed by atoms with van der Waals surface area (Å²) >= 11 is 0. The smallest absolute Gasteiger partial charge is 0.246 e. The molecule has 4 nitrogen and oxygen atoms in total. The van der Waals surface area contributed by atoms with Crippen molar-refractivity contribution in [2.45, 2.75) is 25.7 Å². The number of benzene rings is 2. The number of amides is 1. The van der Waals surface area contributed by atoms with Crippen molar-refractivity contribution in [3.63, 3.8) is 0 Å². The summed E-state index contributed by atoms with van der Waals surface area (Å²) in [4.78, 5) is 19.5. The van der Waals surface area contributed by atoms with E-state index in [1.54, 1.807) is 6.08 Å². The van der Waals surface area contributed by atoms with Gasteiger partial charge < -0.3 is 4.90 Å². The van der Waals surface area contributed by atoms with E-state index in [1.165, 1.54) is 27.8 Å². The molecule has 0 spiro atoms. The standard InChI is InChI=1S/C29H25N3O/c30-20-22-8-12-26-25(19-22)11-10-24-7-4-16-31-29(24)28(26)23-14-17-32(18-15-23)27(33)13-9-21-5-2-1-3-6-21/h1-9,12-13,16,19H,10-11,14-15,17-18H2/b13-9+. The summed E-state index contributed by atoms with van der Waals surface area (Å²) in [5, 5.41) is 9.38. The average Bonchev–Trinajstić information content (AvgIpc) is 3.04. The second kappa shape index (κ2) is 9.26. The van der Waals surface area contributed by atoms with Gasteiger partial charge >= 0.3 is 0 Å². The van der Waals surface area contributed by atoms with Crippen LogP contribution < -0.4 is 0 Å². The summed E-state index contributed by atoms with van der Waals surface area (Å²) in [7, 11) is 0.